The SMILES string of the molecule is Cc1nn(CCCNC(=O)CCn2nccc2C(=O)O)cc1Br. The van der Waals surface area contributed by atoms with E-state index in [9.17, 15) is 9.59 Å². The van der Waals surface area contributed by atoms with Gasteiger partial charge in [-0.25, -0.2) is 4.79 Å². The average molecular weight is 384 g/mol. The molecule has 0 radical (unpaired) electrons. The zero-order valence-corrected chi connectivity index (χ0v) is 14.3. The van der Waals surface area contributed by atoms with Gasteiger partial charge in [0, 0.05) is 31.9 Å². The maximum Gasteiger partial charge on any atom is 0.354 e. The van der Waals surface area contributed by atoms with Crippen LogP contribution in [-0.2, 0) is 17.9 Å². The Morgan fingerprint density at radius 1 is 1.39 bits per heavy atom. The smallest absolute Gasteiger partial charge is 0.354 e. The van der Waals surface area contributed by atoms with Gasteiger partial charge in [0.05, 0.1) is 16.7 Å². The molecule has 2 aromatic heterocycles. The lowest BCUT2D eigenvalue weighted by Crippen LogP contribution is -2.26. The monoisotopic (exact) mass is 383 g/mol. The first-order valence-electron chi connectivity index (χ1n) is 7.18. The van der Waals surface area contributed by atoms with E-state index in [1.54, 1.807) is 0 Å². The molecule has 2 heterocycles. The zero-order valence-electron chi connectivity index (χ0n) is 12.7. The van der Waals surface area contributed by atoms with Crippen LogP contribution in [0.15, 0.2) is 22.9 Å². The largest absolute Gasteiger partial charge is 0.477 e. The number of carboxylic acid groups (broad SMARTS) is 1. The molecule has 0 fully saturated rings. The van der Waals surface area contributed by atoms with Gasteiger partial charge in [0.15, 0.2) is 0 Å². The molecule has 8 nitrogen and oxygen atoms in total. The summed E-state index contributed by atoms with van der Waals surface area (Å²) in [6.07, 6.45) is 4.27. The molecule has 0 spiro atoms. The second-order valence-corrected chi connectivity index (χ2v) is 5.88. The van der Waals surface area contributed by atoms with E-state index in [4.69, 9.17) is 5.11 Å². The molecule has 1 amide bonds. The van der Waals surface area contributed by atoms with E-state index in [-0.39, 0.29) is 24.6 Å². The number of aryl methyl sites for hydroxylation is 3. The maximum absolute atomic E-state index is 11.8. The second kappa shape index (κ2) is 7.91. The van der Waals surface area contributed by atoms with Crippen LogP contribution in [0.1, 0.15) is 29.0 Å². The van der Waals surface area contributed by atoms with Crippen LogP contribution in [0.2, 0.25) is 0 Å². The van der Waals surface area contributed by atoms with Crippen molar-refractivity contribution in [2.24, 2.45) is 0 Å². The van der Waals surface area contributed by atoms with Gasteiger partial charge in [-0.2, -0.15) is 10.2 Å². The van der Waals surface area contributed by atoms with Crippen LogP contribution in [0.4, 0.5) is 0 Å². The Morgan fingerprint density at radius 3 is 2.83 bits per heavy atom. The first kappa shape index (κ1) is 17.2. The Labute approximate surface area is 141 Å². The Morgan fingerprint density at radius 2 is 2.17 bits per heavy atom. The number of nitrogens with zero attached hydrogens (tertiary/aromatic N) is 4. The molecule has 0 atom stereocenters. The number of rotatable bonds is 8. The van der Waals surface area contributed by atoms with Crippen molar-refractivity contribution in [3.63, 3.8) is 0 Å². The average Bonchev–Trinajstić information content (AvgIpc) is 3.09. The quantitative estimate of drug-likeness (QED) is 0.671. The zero-order chi connectivity index (χ0) is 16.8. The molecule has 2 aromatic rings. The summed E-state index contributed by atoms with van der Waals surface area (Å²) in [6, 6.07) is 1.41. The van der Waals surface area contributed by atoms with Crippen LogP contribution in [0.3, 0.4) is 0 Å². The van der Waals surface area contributed by atoms with E-state index in [1.807, 2.05) is 17.8 Å². The van der Waals surface area contributed by atoms with Crippen LogP contribution >= 0.6 is 15.9 Å². The predicted molar refractivity (Wildman–Crippen MR) is 86.1 cm³/mol. The molecule has 0 bridgehead atoms. The fourth-order valence-electron chi connectivity index (χ4n) is 2.07. The van der Waals surface area contributed by atoms with Gasteiger partial charge in [0.2, 0.25) is 5.91 Å². The van der Waals surface area contributed by atoms with Gasteiger partial charge in [-0.05, 0) is 35.3 Å². The molecule has 0 unspecified atom stereocenters. The number of carbonyl (C=O) groups is 2. The number of aromatic nitrogens is 4. The number of halogens is 1. The van der Waals surface area contributed by atoms with Gasteiger partial charge in [-0.15, -0.1) is 0 Å². The number of aromatic carboxylic acids is 1. The first-order valence-corrected chi connectivity index (χ1v) is 7.98. The van der Waals surface area contributed by atoms with Gasteiger partial charge in [-0.1, -0.05) is 0 Å². The van der Waals surface area contributed by atoms with Crippen LogP contribution < -0.4 is 5.32 Å². The molecular formula is C14H18BrN5O3. The first-order chi connectivity index (χ1) is 11.0. The lowest BCUT2D eigenvalue weighted by atomic mass is 10.3. The van der Waals surface area contributed by atoms with Crippen molar-refractivity contribution in [2.75, 3.05) is 6.54 Å². The number of hydrogen-bond donors (Lipinski definition) is 2. The standard InChI is InChI=1S/C14H18BrN5O3/c1-10-11(15)9-19(18-10)7-2-5-16-13(21)4-8-20-12(14(22)23)3-6-17-20/h3,6,9H,2,4-5,7-8H2,1H3,(H,16,21)(H,22,23). The van der Waals surface area contributed by atoms with Gasteiger partial charge in [-0.3, -0.25) is 14.2 Å². The highest BCUT2D eigenvalue weighted by Crippen LogP contribution is 2.13. The predicted octanol–water partition coefficient (Wildman–Crippen LogP) is 1.45. The van der Waals surface area contributed by atoms with Gasteiger partial charge in [0.1, 0.15) is 5.69 Å². The molecular weight excluding hydrogens is 366 g/mol. The molecule has 0 aliphatic heterocycles. The third-order valence-corrected chi connectivity index (χ3v) is 4.04. The second-order valence-electron chi connectivity index (χ2n) is 5.02. The molecule has 23 heavy (non-hydrogen) atoms. The summed E-state index contributed by atoms with van der Waals surface area (Å²) in [5, 5.41) is 20.0. The molecule has 0 saturated carbocycles. The van der Waals surface area contributed by atoms with Crippen molar-refractivity contribution in [3.05, 3.63) is 34.3 Å². The van der Waals surface area contributed by atoms with E-state index in [0.29, 0.717) is 6.54 Å². The summed E-state index contributed by atoms with van der Waals surface area (Å²) >= 11 is 3.40. The van der Waals surface area contributed by atoms with E-state index < -0.39 is 5.97 Å². The van der Waals surface area contributed by atoms with E-state index >= 15 is 0 Å². The molecule has 0 aliphatic rings. The Balaban J connectivity index is 1.67. The molecule has 0 saturated heterocycles. The van der Waals surface area contributed by atoms with Crippen molar-refractivity contribution in [3.8, 4) is 0 Å². The number of amides is 1. The van der Waals surface area contributed by atoms with Crippen molar-refractivity contribution in [1.29, 1.82) is 0 Å². The summed E-state index contributed by atoms with van der Waals surface area (Å²) in [7, 11) is 0. The fourth-order valence-corrected chi connectivity index (χ4v) is 2.38. The lowest BCUT2D eigenvalue weighted by molar-refractivity contribution is -0.121. The van der Waals surface area contributed by atoms with Crippen LogP contribution in [-0.4, -0.2) is 43.1 Å². The van der Waals surface area contributed by atoms with Crippen molar-refractivity contribution >= 4 is 27.8 Å². The van der Waals surface area contributed by atoms with Gasteiger partial charge in [0.25, 0.3) is 0 Å². The maximum atomic E-state index is 11.8. The number of nitrogens with one attached hydrogen (secondary N) is 1. The Kier molecular flexibility index (Phi) is 5.91. The Bertz CT molecular complexity index is 675. The van der Waals surface area contributed by atoms with Crippen molar-refractivity contribution in [2.45, 2.75) is 32.9 Å². The fraction of sp³-hybridized carbons (Fsp3) is 0.429. The van der Waals surface area contributed by atoms with Crippen LogP contribution in [0.5, 0.6) is 0 Å². The summed E-state index contributed by atoms with van der Waals surface area (Å²) in [4.78, 5) is 22.7. The summed E-state index contributed by atoms with van der Waals surface area (Å²) < 4.78 is 4.11. The Hall–Kier alpha value is -2.16. The summed E-state index contributed by atoms with van der Waals surface area (Å²) in [5.74, 6) is -1.18. The van der Waals surface area contributed by atoms with E-state index in [0.717, 1.165) is 23.1 Å². The van der Waals surface area contributed by atoms with Gasteiger partial charge >= 0.3 is 5.97 Å². The highest BCUT2D eigenvalue weighted by Gasteiger charge is 2.11. The van der Waals surface area contributed by atoms with Crippen LogP contribution in [0, 0.1) is 6.92 Å². The number of carboxylic acids is 1. The molecule has 0 aromatic carbocycles. The minimum atomic E-state index is -1.05. The number of hydrogen-bond acceptors (Lipinski definition) is 4. The number of carbonyl (C=O) groups excluding carboxylic acids is 1. The topological polar surface area (TPSA) is 102 Å². The highest BCUT2D eigenvalue weighted by molar-refractivity contribution is 9.10. The third-order valence-electron chi connectivity index (χ3n) is 3.26. The summed E-state index contributed by atoms with van der Waals surface area (Å²) in [5.41, 5.74) is 1.01. The van der Waals surface area contributed by atoms with Crippen molar-refractivity contribution < 1.29 is 14.7 Å². The highest BCUT2D eigenvalue weighted by atomic mass is 79.9. The normalized spacial score (nSPS) is 10.7. The molecule has 9 heteroatoms. The van der Waals surface area contributed by atoms with Crippen LogP contribution in [0.25, 0.3) is 0 Å². The molecule has 2 rings (SSSR count). The minimum Gasteiger partial charge on any atom is -0.477 e. The molecule has 0 aliphatic carbocycles. The van der Waals surface area contributed by atoms with E-state index in [1.165, 1.54) is 16.9 Å². The third kappa shape index (κ3) is 4.92. The van der Waals surface area contributed by atoms with Gasteiger partial charge < -0.3 is 10.4 Å². The molecule has 124 valence electrons. The van der Waals surface area contributed by atoms with E-state index in [2.05, 4.69) is 31.4 Å². The summed E-state index contributed by atoms with van der Waals surface area (Å²) in [6.45, 7) is 3.42. The minimum absolute atomic E-state index is 0.0810. The van der Waals surface area contributed by atoms with Crippen molar-refractivity contribution in [1.82, 2.24) is 24.9 Å². The molecule has 2 N–H and O–H groups in total. The lowest BCUT2D eigenvalue weighted by Gasteiger charge is -2.07.